The van der Waals surface area contributed by atoms with Crippen molar-refractivity contribution in [1.29, 1.82) is 0 Å². The third kappa shape index (κ3) is 4.67. The smallest absolute Gasteiger partial charge is 0.324 e. The molecule has 26 heavy (non-hydrogen) atoms. The number of amides is 4. The first-order valence-electron chi connectivity index (χ1n) is 8.68. The Bertz CT molecular complexity index is 683. The Morgan fingerprint density at radius 3 is 2.54 bits per heavy atom. The van der Waals surface area contributed by atoms with E-state index in [-0.39, 0.29) is 30.4 Å². The fraction of sp³-hybridized carbons (Fsp3) is 0.529. The summed E-state index contributed by atoms with van der Waals surface area (Å²) in [6.45, 7) is 3.56. The maximum atomic E-state index is 12.3. The van der Waals surface area contributed by atoms with E-state index in [1.807, 2.05) is 17.5 Å². The van der Waals surface area contributed by atoms with Gasteiger partial charge >= 0.3 is 6.03 Å². The number of nitrogens with zero attached hydrogens (tertiary/aromatic N) is 3. The number of carbonyl (C=O) groups excluding carboxylic acids is 4. The summed E-state index contributed by atoms with van der Waals surface area (Å²) in [5.41, 5.74) is 0. The highest BCUT2D eigenvalue weighted by Crippen LogP contribution is 2.12. The molecule has 0 atom stereocenters. The van der Waals surface area contributed by atoms with Crippen LogP contribution in [0.3, 0.4) is 0 Å². The van der Waals surface area contributed by atoms with Crippen LogP contribution in [0.4, 0.5) is 4.79 Å². The molecular formula is C17H22N4O4S. The molecule has 1 aromatic heterocycles. The van der Waals surface area contributed by atoms with Crippen molar-refractivity contribution in [2.45, 2.75) is 12.8 Å². The Balaban J connectivity index is 1.39. The van der Waals surface area contributed by atoms with E-state index in [9.17, 15) is 19.2 Å². The molecule has 2 fully saturated rings. The van der Waals surface area contributed by atoms with Gasteiger partial charge in [0.15, 0.2) is 5.78 Å². The van der Waals surface area contributed by atoms with E-state index < -0.39 is 6.03 Å². The van der Waals surface area contributed by atoms with Crippen molar-refractivity contribution in [2.24, 2.45) is 0 Å². The SMILES string of the molecule is O=C1CCN(CCC(=O)N2CCN(CC(=O)c3cccs3)CC2)C(=O)N1. The molecule has 1 aromatic rings. The van der Waals surface area contributed by atoms with Crippen LogP contribution in [-0.4, -0.2) is 84.1 Å². The van der Waals surface area contributed by atoms with Crippen molar-refractivity contribution >= 4 is 35.0 Å². The average Bonchev–Trinajstić information content (AvgIpc) is 3.16. The first kappa shape index (κ1) is 18.5. The van der Waals surface area contributed by atoms with Crippen molar-refractivity contribution in [3.63, 3.8) is 0 Å². The van der Waals surface area contributed by atoms with Gasteiger partial charge in [0.1, 0.15) is 0 Å². The van der Waals surface area contributed by atoms with Crippen molar-refractivity contribution in [2.75, 3.05) is 45.8 Å². The van der Waals surface area contributed by atoms with Crippen LogP contribution in [-0.2, 0) is 9.59 Å². The molecule has 4 amide bonds. The second-order valence-corrected chi connectivity index (χ2v) is 7.35. The Hall–Kier alpha value is -2.26. The molecule has 0 spiro atoms. The molecule has 0 bridgehead atoms. The fourth-order valence-corrected chi connectivity index (χ4v) is 3.73. The lowest BCUT2D eigenvalue weighted by atomic mass is 10.2. The predicted molar refractivity (Wildman–Crippen MR) is 96.0 cm³/mol. The Kier molecular flexibility index (Phi) is 6.00. The summed E-state index contributed by atoms with van der Waals surface area (Å²) in [4.78, 5) is 53.4. The molecule has 2 aliphatic heterocycles. The normalized spacial score (nSPS) is 18.8. The van der Waals surface area contributed by atoms with Gasteiger partial charge in [0, 0.05) is 52.1 Å². The van der Waals surface area contributed by atoms with Gasteiger partial charge in [-0.05, 0) is 11.4 Å². The summed E-state index contributed by atoms with van der Waals surface area (Å²) in [7, 11) is 0. The second-order valence-electron chi connectivity index (χ2n) is 6.40. The summed E-state index contributed by atoms with van der Waals surface area (Å²) in [5, 5.41) is 4.14. The maximum Gasteiger partial charge on any atom is 0.324 e. The molecule has 2 aliphatic rings. The molecule has 0 unspecified atom stereocenters. The number of Topliss-reactive ketones (excluding diaryl/α,β-unsaturated/α-hetero) is 1. The summed E-state index contributed by atoms with van der Waals surface area (Å²) >= 11 is 1.45. The molecule has 0 aromatic carbocycles. The minimum atomic E-state index is -0.425. The molecular weight excluding hydrogens is 356 g/mol. The zero-order chi connectivity index (χ0) is 18.5. The standard InChI is InChI=1S/C17H22N4O4S/c22-13(14-2-1-11-26-14)12-19-7-9-20(10-8-19)16(24)4-6-21-5-3-15(23)18-17(21)25/h1-2,11H,3-10,12H2,(H,18,23,25). The van der Waals surface area contributed by atoms with Crippen LogP contribution >= 0.6 is 11.3 Å². The minimum absolute atomic E-state index is 0.000988. The molecule has 3 rings (SSSR count). The highest BCUT2D eigenvalue weighted by molar-refractivity contribution is 7.12. The molecule has 0 aliphatic carbocycles. The van der Waals surface area contributed by atoms with Crippen LogP contribution < -0.4 is 5.32 Å². The topological polar surface area (TPSA) is 90.0 Å². The molecule has 8 nitrogen and oxygen atoms in total. The first-order valence-corrected chi connectivity index (χ1v) is 9.56. The van der Waals surface area contributed by atoms with Gasteiger partial charge in [0.2, 0.25) is 11.8 Å². The number of hydrogen-bond acceptors (Lipinski definition) is 6. The predicted octanol–water partition coefficient (Wildman–Crippen LogP) is 0.407. The summed E-state index contributed by atoms with van der Waals surface area (Å²) < 4.78 is 0. The van der Waals surface area contributed by atoms with Crippen molar-refractivity contribution in [3.05, 3.63) is 22.4 Å². The van der Waals surface area contributed by atoms with Gasteiger partial charge in [0.25, 0.3) is 0 Å². The van der Waals surface area contributed by atoms with E-state index >= 15 is 0 Å². The van der Waals surface area contributed by atoms with Gasteiger partial charge in [-0.3, -0.25) is 24.6 Å². The van der Waals surface area contributed by atoms with Crippen molar-refractivity contribution < 1.29 is 19.2 Å². The van der Waals surface area contributed by atoms with Crippen LogP contribution in [0.5, 0.6) is 0 Å². The second kappa shape index (κ2) is 8.41. The highest BCUT2D eigenvalue weighted by Gasteiger charge is 2.26. The van der Waals surface area contributed by atoms with Crippen LogP contribution in [0.15, 0.2) is 17.5 Å². The lowest BCUT2D eigenvalue weighted by Crippen LogP contribution is -2.52. The largest absolute Gasteiger partial charge is 0.340 e. The zero-order valence-corrected chi connectivity index (χ0v) is 15.3. The van der Waals surface area contributed by atoms with Gasteiger partial charge in [-0.25, -0.2) is 4.79 Å². The Morgan fingerprint density at radius 1 is 1.12 bits per heavy atom. The number of rotatable bonds is 6. The lowest BCUT2D eigenvalue weighted by Gasteiger charge is -2.35. The van der Waals surface area contributed by atoms with E-state index in [0.29, 0.717) is 45.8 Å². The van der Waals surface area contributed by atoms with Gasteiger partial charge in [-0.2, -0.15) is 0 Å². The highest BCUT2D eigenvalue weighted by atomic mass is 32.1. The molecule has 1 N–H and O–H groups in total. The molecule has 140 valence electrons. The third-order valence-electron chi connectivity index (χ3n) is 4.63. The van der Waals surface area contributed by atoms with Gasteiger partial charge in [-0.15, -0.1) is 11.3 Å². The maximum absolute atomic E-state index is 12.3. The monoisotopic (exact) mass is 378 g/mol. The quantitative estimate of drug-likeness (QED) is 0.724. The number of ketones is 1. The number of piperazine rings is 1. The van der Waals surface area contributed by atoms with Crippen molar-refractivity contribution in [1.82, 2.24) is 20.0 Å². The third-order valence-corrected chi connectivity index (χ3v) is 5.54. The van der Waals surface area contributed by atoms with Gasteiger partial charge in [0.05, 0.1) is 11.4 Å². The summed E-state index contributed by atoms with van der Waals surface area (Å²) in [6, 6.07) is 3.27. The zero-order valence-electron chi connectivity index (χ0n) is 14.5. The fourth-order valence-electron chi connectivity index (χ4n) is 3.07. The number of thiophene rings is 1. The van der Waals surface area contributed by atoms with Crippen LogP contribution in [0, 0.1) is 0 Å². The lowest BCUT2D eigenvalue weighted by molar-refractivity contribution is -0.133. The van der Waals surface area contributed by atoms with Crippen LogP contribution in [0.1, 0.15) is 22.5 Å². The summed E-state index contributed by atoms with van der Waals surface area (Å²) in [6.07, 6.45) is 0.520. The van der Waals surface area contributed by atoms with Crippen molar-refractivity contribution in [3.8, 4) is 0 Å². The number of hydrogen-bond donors (Lipinski definition) is 1. The first-order chi connectivity index (χ1) is 12.5. The molecule has 3 heterocycles. The van der Waals surface area contributed by atoms with Gasteiger partial charge < -0.3 is 9.80 Å². The van der Waals surface area contributed by atoms with Gasteiger partial charge in [-0.1, -0.05) is 6.07 Å². The number of urea groups is 1. The number of nitrogens with one attached hydrogen (secondary N) is 1. The van der Waals surface area contributed by atoms with E-state index in [4.69, 9.17) is 0 Å². The molecule has 9 heteroatoms. The Labute approximate surface area is 155 Å². The van der Waals surface area contributed by atoms with E-state index in [0.717, 1.165) is 4.88 Å². The molecule has 2 saturated heterocycles. The number of imide groups is 1. The molecule has 0 radical (unpaired) electrons. The number of carbonyl (C=O) groups is 4. The molecule has 0 saturated carbocycles. The summed E-state index contributed by atoms with van der Waals surface area (Å²) in [5.74, 6) is -0.157. The average molecular weight is 378 g/mol. The Morgan fingerprint density at radius 2 is 1.88 bits per heavy atom. The van der Waals surface area contributed by atoms with E-state index in [1.54, 1.807) is 4.90 Å². The van der Waals surface area contributed by atoms with Crippen LogP contribution in [0.25, 0.3) is 0 Å². The van der Waals surface area contributed by atoms with E-state index in [1.165, 1.54) is 16.2 Å². The van der Waals surface area contributed by atoms with E-state index in [2.05, 4.69) is 10.2 Å². The minimum Gasteiger partial charge on any atom is -0.340 e. The van der Waals surface area contributed by atoms with Crippen LogP contribution in [0.2, 0.25) is 0 Å².